The number of benzene rings is 2. The number of rotatable bonds is 43. The Morgan fingerprint density at radius 3 is 2.16 bits per heavy atom. The average molecular weight is 1960 g/mol. The highest BCUT2D eigenvalue weighted by Gasteiger charge is 2.53. The third-order valence-corrected chi connectivity index (χ3v) is 27.5. The molecule has 4 aliphatic heterocycles. The van der Waals surface area contributed by atoms with E-state index in [1.165, 1.54) is 80.9 Å². The molecule has 13 N–H and O–H groups in total. The summed E-state index contributed by atoms with van der Waals surface area (Å²) in [5, 5.41) is 67.0. The molecule has 35 nitrogen and oxygen atoms in total. The van der Waals surface area contributed by atoms with Gasteiger partial charge in [0.05, 0.1) is 90.3 Å². The first-order valence-electron chi connectivity index (χ1n) is 42.5. The molecule has 39 heteroatoms. The number of hydrogen-bond acceptors (Lipinski definition) is 33. The highest BCUT2D eigenvalue weighted by molar-refractivity contribution is 14.1. The summed E-state index contributed by atoms with van der Waals surface area (Å²) in [4.78, 5) is 135. The number of ether oxygens (including phenoxy) is 12. The van der Waals surface area contributed by atoms with Crippen LogP contribution in [-0.2, 0) is 82.8 Å². The van der Waals surface area contributed by atoms with Gasteiger partial charge in [-0.15, -0.1) is 0 Å². The number of nitrogens with zero attached hydrogens (tertiary/aromatic N) is 2. The molecule has 4 saturated heterocycles. The highest BCUT2D eigenvalue weighted by Crippen LogP contribution is 2.50. The number of ketones is 4. The van der Waals surface area contributed by atoms with Crippen LogP contribution in [-0.4, -0.2) is 269 Å². The number of Topliss-reactive ketones (excluding diaryl/α,β-unsaturated/α-hetero) is 4. The van der Waals surface area contributed by atoms with Crippen LogP contribution in [0.4, 0.5) is 15.3 Å². The molecule has 2 aromatic carbocycles. The van der Waals surface area contributed by atoms with Gasteiger partial charge in [0.15, 0.2) is 47.5 Å². The molecule has 5 amide bonds. The standard InChI is InChI=1S/C89H119IN8O27S3/c1-14-98(88(111)118-44-53-28-30-56(31-29-53)95-82(107)55(25-23-36-94-87(92)110)40-60(101)71(46(2)3)96-83(108)54(38-47(4)99)24-18-21-34-91)59-45-117-66(42-64(59)113-10)123-79-74(105)72(50(7)120-86(79)122-63-26-17-15-16-20-33-89(112)43-62(103)57(39-48(5)100)69(63)58(89)32-37-126-128-65-27-19-22-35-93-65)97-125-67-41-61(102)81(52(9)119-67)127-84(109)68-49(6)70(90)77(80(116-13)76(68)114-11)124-85-75(106)78(115-12)73(104)51(8)121-85/h15-16,19,22,27-32,35,46,50-52,54-55,59,61,63-64,66-67,71-75,78-79,81,85-86,97,102,104-106,112H,14,18,21,23-25,34,36-45,91H2,1-13H3,(H,95,107)(H,96,108)(H3,92,94,110)/b16-15-,58-32+/t50-,51+,52-,54-,55-,59+,61+,63+,64+,66+,67+,71+,72-,73+,74+,75-,78-,79-,81-,85+,86+,89+/m1/s1. The predicted octanol–water partition coefficient (Wildman–Crippen LogP) is 6.92. The van der Waals surface area contributed by atoms with Gasteiger partial charge in [0.2, 0.25) is 29.0 Å². The maximum atomic E-state index is 14.7. The van der Waals surface area contributed by atoms with Crippen molar-refractivity contribution in [2.75, 3.05) is 65.7 Å². The minimum Gasteiger partial charge on any atom is -0.492 e. The summed E-state index contributed by atoms with van der Waals surface area (Å²) in [6.07, 6.45) is -12.8. The van der Waals surface area contributed by atoms with Crippen molar-refractivity contribution in [1.29, 1.82) is 0 Å². The number of nitrogens with two attached hydrogens (primary N) is 2. The fraction of sp³-hybridized carbons (Fsp3) is 0.596. The first-order valence-corrected chi connectivity index (χ1v) is 46.7. The van der Waals surface area contributed by atoms with E-state index >= 15 is 0 Å². The van der Waals surface area contributed by atoms with Crippen LogP contribution in [0.15, 0.2) is 88.6 Å². The molecular weight excluding hydrogens is 1840 g/mol. The van der Waals surface area contributed by atoms with Crippen LogP contribution in [0.25, 0.3) is 0 Å². The van der Waals surface area contributed by atoms with Gasteiger partial charge in [0, 0.05) is 106 Å². The van der Waals surface area contributed by atoms with E-state index in [4.69, 9.17) is 73.1 Å². The lowest BCUT2D eigenvalue weighted by Crippen LogP contribution is -2.65. The number of halogens is 1. The van der Waals surface area contributed by atoms with Crippen LogP contribution >= 0.6 is 55.9 Å². The fourth-order valence-corrected chi connectivity index (χ4v) is 19.5. The number of nitrogens with one attached hydrogen (secondary N) is 4. The molecule has 0 saturated carbocycles. The molecule has 4 fully saturated rings. The van der Waals surface area contributed by atoms with Gasteiger partial charge in [-0.05, 0) is 168 Å². The van der Waals surface area contributed by atoms with Gasteiger partial charge in [-0.1, -0.05) is 90.8 Å². The fourth-order valence-electron chi connectivity index (χ4n) is 16.0. The number of pyridine rings is 1. The lowest BCUT2D eigenvalue weighted by Gasteiger charge is -2.47. The first-order chi connectivity index (χ1) is 61.1. The van der Waals surface area contributed by atoms with E-state index < -0.39 is 180 Å². The summed E-state index contributed by atoms with van der Waals surface area (Å²) in [7, 11) is 8.20. The number of hydroxylamine groups is 1. The molecule has 5 heterocycles. The van der Waals surface area contributed by atoms with Gasteiger partial charge in [-0.3, -0.25) is 33.6 Å². The van der Waals surface area contributed by atoms with Gasteiger partial charge in [0.1, 0.15) is 59.8 Å². The average Bonchev–Trinajstić information content (AvgIpc) is 0.747. The number of urea groups is 1. The number of hydrogen-bond donors (Lipinski definition) is 11. The molecule has 9 rings (SSSR count). The van der Waals surface area contributed by atoms with Crippen LogP contribution in [0.1, 0.15) is 148 Å². The topological polar surface area (TPSA) is 491 Å². The zero-order valence-corrected chi connectivity index (χ0v) is 78.5. The zero-order valence-electron chi connectivity index (χ0n) is 73.9. The smallest absolute Gasteiger partial charge is 0.410 e. The van der Waals surface area contributed by atoms with E-state index in [0.29, 0.717) is 51.2 Å². The van der Waals surface area contributed by atoms with Gasteiger partial charge in [-0.25, -0.2) is 14.6 Å². The van der Waals surface area contributed by atoms with Crippen LogP contribution in [0.2, 0.25) is 0 Å². The Labute approximate surface area is 770 Å². The van der Waals surface area contributed by atoms with Crippen molar-refractivity contribution < 1.29 is 130 Å². The Morgan fingerprint density at radius 2 is 1.52 bits per heavy atom. The molecule has 0 spiro atoms. The number of primary amides is 1. The Bertz CT molecular complexity index is 4580. The van der Waals surface area contributed by atoms with E-state index in [9.17, 15) is 68.7 Å². The van der Waals surface area contributed by atoms with Crippen LogP contribution in [0.5, 0.6) is 17.2 Å². The Hall–Kier alpha value is -7.70. The van der Waals surface area contributed by atoms with Crippen molar-refractivity contribution >= 4 is 114 Å². The quantitative estimate of drug-likeness (QED) is 0.00900. The first kappa shape index (κ1) is 104. The summed E-state index contributed by atoms with van der Waals surface area (Å²) in [5.74, 6) is 7.47. The predicted molar refractivity (Wildman–Crippen MR) is 481 cm³/mol. The second kappa shape index (κ2) is 49.7. The van der Waals surface area contributed by atoms with Gasteiger partial charge in [-0.2, -0.15) is 5.48 Å². The maximum Gasteiger partial charge on any atom is 0.410 e. The number of likely N-dealkylation sites (N-methyl/N-ethyl adjacent to an activating group) is 1. The summed E-state index contributed by atoms with van der Waals surface area (Å²) in [6, 6.07) is 8.16. The van der Waals surface area contributed by atoms with Crippen molar-refractivity contribution in [1.82, 2.24) is 26.0 Å². The number of methoxy groups -OCH3 is 4. The van der Waals surface area contributed by atoms with E-state index in [1.807, 2.05) is 34.7 Å². The normalized spacial score (nSPS) is 28.2. The number of unbranched alkanes of at least 4 members (excludes halogenated alkanes) is 1. The molecule has 0 unspecified atom stereocenters. The van der Waals surface area contributed by atoms with E-state index in [-0.39, 0.29) is 134 Å². The SMILES string of the molecule is CCN(C(=O)OCc1ccc(NC(=O)[C@H](CCCNC(N)=O)CC(=O)[C@@H](NC(=O)[C@H](CCCCN)CC(C)=O)C(C)C)cc1)[C@H]1CO[C@@H](O[C@H]2[C@H](O[C@H]3C#C/C=C\C#C[C@]4(O)CC(=O)C(CC(C)=O)=C3/C4=C\CSSc3ccccn3)O[C@H](C)[C@@H](NO[C@H]3C[C@H](O)[C@H](SC(=O)c4c(C)c(I)c(O[C@@H]5O[C@@H](C)[C@H](O)[C@@H](OC)[C@H]5O)c(OC)c4OC)[C@@H](C)O3)[C@@H]2O)C[C@@H]1OC. The molecule has 6 aliphatic rings. The molecular formula is C89H119IN8O27S3. The monoisotopic (exact) mass is 1950 g/mol. The molecule has 128 heavy (non-hydrogen) atoms. The van der Waals surface area contributed by atoms with Crippen molar-refractivity contribution in [3.8, 4) is 40.9 Å². The summed E-state index contributed by atoms with van der Waals surface area (Å²) < 4.78 is 74.9. The van der Waals surface area contributed by atoms with Gasteiger partial charge >= 0.3 is 12.1 Å². The number of aromatic nitrogens is 1. The van der Waals surface area contributed by atoms with Crippen LogP contribution in [0.3, 0.4) is 0 Å². The molecule has 702 valence electrons. The largest absolute Gasteiger partial charge is 0.492 e. The van der Waals surface area contributed by atoms with Crippen molar-refractivity contribution in [2.24, 2.45) is 29.2 Å². The van der Waals surface area contributed by atoms with Crippen LogP contribution in [0, 0.1) is 51.9 Å². The molecule has 0 radical (unpaired) electrons. The van der Waals surface area contributed by atoms with Crippen molar-refractivity contribution in [3.63, 3.8) is 0 Å². The van der Waals surface area contributed by atoms with E-state index in [2.05, 4.69) is 50.1 Å². The molecule has 2 aliphatic carbocycles. The third-order valence-electron chi connectivity index (χ3n) is 22.7. The summed E-state index contributed by atoms with van der Waals surface area (Å²) in [5.41, 5.74) is 13.3. The molecule has 22 atom stereocenters. The highest BCUT2D eigenvalue weighted by atomic mass is 127. The number of aliphatic hydroxyl groups is 5. The van der Waals surface area contributed by atoms with Gasteiger partial charge < -0.3 is 119 Å². The van der Waals surface area contributed by atoms with E-state index in [1.54, 1.807) is 91.1 Å². The maximum absolute atomic E-state index is 14.7. The van der Waals surface area contributed by atoms with E-state index in [0.717, 1.165) is 11.8 Å². The minimum atomic E-state index is -2.13. The number of aliphatic hydroxyl groups excluding tert-OH is 4. The third kappa shape index (κ3) is 27.5. The Kier molecular flexibility index (Phi) is 40.4. The molecule has 3 aromatic rings. The zero-order chi connectivity index (χ0) is 93.4. The molecule has 2 bridgehead atoms. The minimum absolute atomic E-state index is 0.000944. The number of amides is 5. The van der Waals surface area contributed by atoms with Crippen LogP contribution < -0.4 is 47.1 Å². The number of carbonyl (C=O) groups is 9. The van der Waals surface area contributed by atoms with Crippen molar-refractivity contribution in [3.05, 3.63) is 104 Å². The second-order valence-corrected chi connectivity index (χ2v) is 36.9. The van der Waals surface area contributed by atoms with Crippen molar-refractivity contribution in [2.45, 2.75) is 266 Å². The second-order valence-electron chi connectivity index (χ2n) is 32.3. The lowest BCUT2D eigenvalue weighted by molar-refractivity contribution is -0.337. The summed E-state index contributed by atoms with van der Waals surface area (Å²) >= 11 is 2.77. The summed E-state index contributed by atoms with van der Waals surface area (Å²) in [6.45, 7) is 14.7. The lowest BCUT2D eigenvalue weighted by atomic mass is 9.72. The number of anilines is 1. The number of thioether (sulfide) groups is 1. The Morgan fingerprint density at radius 1 is 0.805 bits per heavy atom. The number of carbonyl (C=O) groups excluding carboxylic acids is 9. The number of allylic oxidation sites excluding steroid dienone is 3. The van der Waals surface area contributed by atoms with Gasteiger partial charge in [0.25, 0.3) is 0 Å². The molecule has 1 aromatic heterocycles. The number of fused-ring (bicyclic) bond motifs is 2. The Balaban J connectivity index is 0.919.